The highest BCUT2D eigenvalue weighted by Gasteiger charge is 2.26. The minimum atomic E-state index is -0.436. The summed E-state index contributed by atoms with van der Waals surface area (Å²) < 4.78 is 5.09. The topological polar surface area (TPSA) is 65.0 Å². The number of hydrogen-bond donors (Lipinski definition) is 3. The van der Waals surface area contributed by atoms with E-state index >= 15 is 0 Å². The van der Waals surface area contributed by atoms with Gasteiger partial charge < -0.3 is 20.3 Å². The molecule has 4 heteroatoms. The summed E-state index contributed by atoms with van der Waals surface area (Å²) in [6.07, 6.45) is 1.22. The van der Waals surface area contributed by atoms with Gasteiger partial charge in [-0.15, -0.1) is 0 Å². The van der Waals surface area contributed by atoms with E-state index in [9.17, 15) is 5.11 Å². The summed E-state index contributed by atoms with van der Waals surface area (Å²) in [4.78, 5) is 0. The molecule has 1 aromatic rings. The van der Waals surface area contributed by atoms with Crippen LogP contribution in [0.3, 0.4) is 0 Å². The molecule has 1 aliphatic rings. The molecule has 1 saturated heterocycles. The first-order valence-corrected chi connectivity index (χ1v) is 6.04. The predicted molar refractivity (Wildman–Crippen MR) is 66.0 cm³/mol. The number of aliphatic hydroxyl groups is 2. The zero-order chi connectivity index (χ0) is 12.1. The molecule has 1 aromatic carbocycles. The molecule has 0 radical (unpaired) electrons. The van der Waals surface area contributed by atoms with Crippen LogP contribution in [0.2, 0.25) is 0 Å². The SMILES string of the molecule is OCCCNc1ccc([C@@H](O)C[C@@H]2CO2)cc1. The molecule has 94 valence electrons. The molecular weight excluding hydrogens is 218 g/mol. The lowest BCUT2D eigenvalue weighted by molar-refractivity contribution is 0.154. The number of hydrogen-bond acceptors (Lipinski definition) is 4. The second-order valence-corrected chi connectivity index (χ2v) is 4.33. The van der Waals surface area contributed by atoms with Gasteiger partial charge in [-0.05, 0) is 24.1 Å². The Hall–Kier alpha value is -1.10. The van der Waals surface area contributed by atoms with Crippen molar-refractivity contribution < 1.29 is 14.9 Å². The molecule has 1 fully saturated rings. The fourth-order valence-electron chi connectivity index (χ4n) is 1.72. The van der Waals surface area contributed by atoms with Gasteiger partial charge in [0.1, 0.15) is 0 Å². The summed E-state index contributed by atoms with van der Waals surface area (Å²) in [5.74, 6) is 0. The third-order valence-corrected chi connectivity index (χ3v) is 2.85. The van der Waals surface area contributed by atoms with E-state index in [1.165, 1.54) is 0 Å². The third kappa shape index (κ3) is 4.00. The zero-order valence-corrected chi connectivity index (χ0v) is 9.80. The fourth-order valence-corrected chi connectivity index (χ4v) is 1.72. The monoisotopic (exact) mass is 237 g/mol. The first kappa shape index (κ1) is 12.4. The van der Waals surface area contributed by atoms with Crippen molar-refractivity contribution in [2.75, 3.05) is 25.1 Å². The Bertz CT molecular complexity index is 335. The van der Waals surface area contributed by atoms with Crippen LogP contribution in [0.1, 0.15) is 24.5 Å². The standard InChI is InChI=1S/C13H19NO3/c15-7-1-6-14-11-4-2-10(3-5-11)13(16)8-12-9-17-12/h2-5,12-16H,1,6-9H2/t12-,13+/m1/s1. The molecule has 0 unspecified atom stereocenters. The van der Waals surface area contributed by atoms with E-state index in [1.807, 2.05) is 24.3 Å². The normalized spacial score (nSPS) is 20.0. The molecule has 1 aliphatic heterocycles. The Kier molecular flexibility index (Phi) is 4.36. The number of ether oxygens (including phenoxy) is 1. The van der Waals surface area contributed by atoms with E-state index in [2.05, 4.69) is 5.32 Å². The fraction of sp³-hybridized carbons (Fsp3) is 0.538. The van der Waals surface area contributed by atoms with Crippen molar-refractivity contribution in [3.8, 4) is 0 Å². The third-order valence-electron chi connectivity index (χ3n) is 2.85. The highest BCUT2D eigenvalue weighted by Crippen LogP contribution is 2.25. The Labute approximate surface area is 101 Å². The van der Waals surface area contributed by atoms with Crippen LogP contribution in [0.15, 0.2) is 24.3 Å². The van der Waals surface area contributed by atoms with Crippen molar-refractivity contribution in [2.24, 2.45) is 0 Å². The minimum Gasteiger partial charge on any atom is -0.396 e. The summed E-state index contributed by atoms with van der Waals surface area (Å²) in [6.45, 7) is 1.73. The number of epoxide rings is 1. The maximum Gasteiger partial charge on any atom is 0.0837 e. The lowest BCUT2D eigenvalue weighted by Gasteiger charge is -2.11. The molecular formula is C13H19NO3. The van der Waals surface area contributed by atoms with Gasteiger partial charge in [-0.1, -0.05) is 12.1 Å². The highest BCUT2D eigenvalue weighted by atomic mass is 16.6. The lowest BCUT2D eigenvalue weighted by atomic mass is 10.0. The highest BCUT2D eigenvalue weighted by molar-refractivity contribution is 5.44. The maximum absolute atomic E-state index is 9.90. The Morgan fingerprint density at radius 1 is 1.35 bits per heavy atom. The summed E-state index contributed by atoms with van der Waals surface area (Å²) >= 11 is 0. The van der Waals surface area contributed by atoms with E-state index in [0.717, 1.165) is 30.8 Å². The van der Waals surface area contributed by atoms with Gasteiger partial charge in [-0.25, -0.2) is 0 Å². The van der Waals surface area contributed by atoms with E-state index in [-0.39, 0.29) is 12.7 Å². The lowest BCUT2D eigenvalue weighted by Crippen LogP contribution is -2.04. The average molecular weight is 237 g/mol. The Morgan fingerprint density at radius 2 is 2.06 bits per heavy atom. The van der Waals surface area contributed by atoms with Gasteiger partial charge in [-0.3, -0.25) is 0 Å². The van der Waals surface area contributed by atoms with Crippen LogP contribution < -0.4 is 5.32 Å². The molecule has 0 aliphatic carbocycles. The molecule has 0 aromatic heterocycles. The molecule has 0 saturated carbocycles. The van der Waals surface area contributed by atoms with E-state index < -0.39 is 6.10 Å². The minimum absolute atomic E-state index is 0.200. The van der Waals surface area contributed by atoms with E-state index in [1.54, 1.807) is 0 Å². The first-order valence-electron chi connectivity index (χ1n) is 6.04. The van der Waals surface area contributed by atoms with Gasteiger partial charge in [0.2, 0.25) is 0 Å². The number of anilines is 1. The van der Waals surface area contributed by atoms with E-state index in [4.69, 9.17) is 9.84 Å². The molecule has 17 heavy (non-hydrogen) atoms. The molecule has 2 rings (SSSR count). The largest absolute Gasteiger partial charge is 0.396 e. The second-order valence-electron chi connectivity index (χ2n) is 4.33. The zero-order valence-electron chi connectivity index (χ0n) is 9.80. The Morgan fingerprint density at radius 3 is 2.65 bits per heavy atom. The van der Waals surface area contributed by atoms with Gasteiger partial charge in [0.05, 0.1) is 18.8 Å². The van der Waals surface area contributed by atoms with Crippen molar-refractivity contribution in [3.63, 3.8) is 0 Å². The number of aliphatic hydroxyl groups excluding tert-OH is 2. The van der Waals surface area contributed by atoms with E-state index in [0.29, 0.717) is 6.42 Å². The summed E-state index contributed by atoms with van der Waals surface area (Å²) in [5.41, 5.74) is 1.94. The van der Waals surface area contributed by atoms with Crippen LogP contribution in [0.5, 0.6) is 0 Å². The van der Waals surface area contributed by atoms with Crippen LogP contribution in [-0.2, 0) is 4.74 Å². The van der Waals surface area contributed by atoms with Crippen LogP contribution in [-0.4, -0.2) is 36.1 Å². The predicted octanol–water partition coefficient (Wildman–Crippen LogP) is 1.30. The second kappa shape index (κ2) is 6.00. The average Bonchev–Trinajstić information content (AvgIpc) is 3.14. The van der Waals surface area contributed by atoms with Crippen LogP contribution in [0.4, 0.5) is 5.69 Å². The first-order chi connectivity index (χ1) is 8.29. The molecule has 4 nitrogen and oxygen atoms in total. The van der Waals surface area contributed by atoms with Gasteiger partial charge in [0.15, 0.2) is 0 Å². The molecule has 0 amide bonds. The molecule has 0 bridgehead atoms. The van der Waals surface area contributed by atoms with Crippen molar-refractivity contribution in [3.05, 3.63) is 29.8 Å². The summed E-state index contributed by atoms with van der Waals surface area (Å²) in [6, 6.07) is 7.75. The maximum atomic E-state index is 9.90. The number of rotatable bonds is 7. The number of nitrogens with one attached hydrogen (secondary N) is 1. The van der Waals surface area contributed by atoms with Gasteiger partial charge in [0, 0.05) is 25.3 Å². The molecule has 0 spiro atoms. The number of benzene rings is 1. The van der Waals surface area contributed by atoms with Gasteiger partial charge >= 0.3 is 0 Å². The summed E-state index contributed by atoms with van der Waals surface area (Å²) in [7, 11) is 0. The quantitative estimate of drug-likeness (QED) is 0.494. The summed E-state index contributed by atoms with van der Waals surface area (Å²) in [5, 5.41) is 21.8. The van der Waals surface area contributed by atoms with Crippen LogP contribution in [0.25, 0.3) is 0 Å². The van der Waals surface area contributed by atoms with Crippen LogP contribution >= 0.6 is 0 Å². The van der Waals surface area contributed by atoms with Crippen LogP contribution in [0, 0.1) is 0 Å². The van der Waals surface area contributed by atoms with Gasteiger partial charge in [0.25, 0.3) is 0 Å². The Balaban J connectivity index is 1.83. The molecule has 3 N–H and O–H groups in total. The van der Waals surface area contributed by atoms with Gasteiger partial charge in [-0.2, -0.15) is 0 Å². The molecule has 2 atom stereocenters. The van der Waals surface area contributed by atoms with Crippen molar-refractivity contribution in [2.45, 2.75) is 25.0 Å². The van der Waals surface area contributed by atoms with Crippen molar-refractivity contribution in [1.29, 1.82) is 0 Å². The molecule has 1 heterocycles. The van der Waals surface area contributed by atoms with Crippen molar-refractivity contribution in [1.82, 2.24) is 0 Å². The smallest absolute Gasteiger partial charge is 0.0837 e. The van der Waals surface area contributed by atoms with Crippen molar-refractivity contribution >= 4 is 5.69 Å².